The van der Waals surface area contributed by atoms with Gasteiger partial charge in [-0.1, -0.05) is 12.1 Å². The highest BCUT2D eigenvalue weighted by Crippen LogP contribution is 2.33. The molecule has 2 aromatic rings. The van der Waals surface area contributed by atoms with Gasteiger partial charge in [0, 0.05) is 6.07 Å². The highest BCUT2D eigenvalue weighted by atomic mass is 16.5. The molecular formula is C19H20O8. The van der Waals surface area contributed by atoms with Crippen molar-refractivity contribution in [3.8, 4) is 5.75 Å². The van der Waals surface area contributed by atoms with Gasteiger partial charge in [0.15, 0.2) is 5.76 Å². The quantitative estimate of drug-likeness (QED) is 0.700. The third kappa shape index (κ3) is 4.73. The molecule has 1 aromatic heterocycles. The van der Waals surface area contributed by atoms with Crippen molar-refractivity contribution in [2.24, 2.45) is 0 Å². The molecule has 1 unspecified atom stereocenters. The van der Waals surface area contributed by atoms with Gasteiger partial charge in [0.05, 0.1) is 31.6 Å². The first kappa shape index (κ1) is 20.2. The highest BCUT2D eigenvalue weighted by Gasteiger charge is 2.27. The van der Waals surface area contributed by atoms with Crippen molar-refractivity contribution in [3.63, 3.8) is 0 Å². The molecule has 1 atom stereocenters. The Morgan fingerprint density at radius 1 is 1.22 bits per heavy atom. The SMILES string of the molecule is CCOC(=O)CC(c1ccc(C(=O)OC)cc1)c1oc(CO)cc(=O)c1O. The monoisotopic (exact) mass is 376 g/mol. The Kier molecular flexibility index (Phi) is 6.73. The molecule has 0 aliphatic rings. The van der Waals surface area contributed by atoms with E-state index in [0.717, 1.165) is 6.07 Å². The molecule has 144 valence electrons. The Morgan fingerprint density at radius 2 is 1.89 bits per heavy atom. The molecule has 8 heteroatoms. The van der Waals surface area contributed by atoms with E-state index < -0.39 is 35.6 Å². The van der Waals surface area contributed by atoms with Gasteiger partial charge in [0.25, 0.3) is 0 Å². The fraction of sp³-hybridized carbons (Fsp3) is 0.316. The predicted molar refractivity (Wildman–Crippen MR) is 93.4 cm³/mol. The minimum atomic E-state index is -0.852. The molecule has 8 nitrogen and oxygen atoms in total. The Bertz CT molecular complexity index is 866. The second kappa shape index (κ2) is 9.00. The highest BCUT2D eigenvalue weighted by molar-refractivity contribution is 5.89. The van der Waals surface area contributed by atoms with Crippen LogP contribution in [0.2, 0.25) is 0 Å². The van der Waals surface area contributed by atoms with Gasteiger partial charge in [-0.05, 0) is 24.6 Å². The van der Waals surface area contributed by atoms with Crippen molar-refractivity contribution < 1.29 is 33.7 Å². The van der Waals surface area contributed by atoms with Crippen LogP contribution in [0.1, 0.15) is 46.7 Å². The second-order valence-electron chi connectivity index (χ2n) is 5.62. The topological polar surface area (TPSA) is 123 Å². The zero-order chi connectivity index (χ0) is 20.0. The van der Waals surface area contributed by atoms with E-state index in [-0.39, 0.29) is 24.5 Å². The molecule has 0 bridgehead atoms. The standard InChI is InChI=1S/C19H20O8/c1-3-26-16(22)9-14(11-4-6-12(7-5-11)19(24)25-2)18-17(23)15(21)8-13(10-20)27-18/h4-8,14,20,23H,3,9-10H2,1-2H3. The van der Waals surface area contributed by atoms with Crippen LogP contribution in [-0.2, 0) is 20.9 Å². The maximum Gasteiger partial charge on any atom is 0.337 e. The number of aromatic hydroxyl groups is 1. The van der Waals surface area contributed by atoms with E-state index in [2.05, 4.69) is 4.74 Å². The Hall–Kier alpha value is -3.13. The van der Waals surface area contributed by atoms with Crippen LogP contribution in [0.5, 0.6) is 5.75 Å². The maximum absolute atomic E-state index is 12.0. The van der Waals surface area contributed by atoms with Crippen LogP contribution in [0, 0.1) is 0 Å². The van der Waals surface area contributed by atoms with Crippen LogP contribution in [0.4, 0.5) is 0 Å². The number of aliphatic hydroxyl groups excluding tert-OH is 1. The van der Waals surface area contributed by atoms with Crippen LogP contribution >= 0.6 is 0 Å². The number of methoxy groups -OCH3 is 1. The van der Waals surface area contributed by atoms with Gasteiger partial charge in [0.2, 0.25) is 11.2 Å². The van der Waals surface area contributed by atoms with E-state index in [4.69, 9.17) is 9.15 Å². The molecule has 0 saturated heterocycles. The lowest BCUT2D eigenvalue weighted by atomic mass is 9.91. The summed E-state index contributed by atoms with van der Waals surface area (Å²) in [5.41, 5.74) is 0.0653. The third-order valence-electron chi connectivity index (χ3n) is 3.88. The second-order valence-corrected chi connectivity index (χ2v) is 5.62. The summed E-state index contributed by atoms with van der Waals surface area (Å²) in [4.78, 5) is 35.6. The molecule has 2 N–H and O–H groups in total. The lowest BCUT2D eigenvalue weighted by molar-refractivity contribution is -0.143. The molecular weight excluding hydrogens is 356 g/mol. The van der Waals surface area contributed by atoms with E-state index in [9.17, 15) is 24.6 Å². The molecule has 1 aromatic carbocycles. The number of carbonyl (C=O) groups excluding carboxylic acids is 2. The van der Waals surface area contributed by atoms with Crippen LogP contribution in [-0.4, -0.2) is 35.9 Å². The van der Waals surface area contributed by atoms with E-state index in [1.165, 1.54) is 19.2 Å². The van der Waals surface area contributed by atoms with Gasteiger partial charge in [-0.2, -0.15) is 0 Å². The molecule has 0 saturated carbocycles. The van der Waals surface area contributed by atoms with Gasteiger partial charge < -0.3 is 24.1 Å². The zero-order valence-corrected chi connectivity index (χ0v) is 14.9. The summed E-state index contributed by atoms with van der Waals surface area (Å²) in [5, 5.41) is 19.4. The van der Waals surface area contributed by atoms with E-state index in [1.54, 1.807) is 19.1 Å². The smallest absolute Gasteiger partial charge is 0.337 e. The number of hydrogen-bond acceptors (Lipinski definition) is 8. The summed E-state index contributed by atoms with van der Waals surface area (Å²) in [7, 11) is 1.26. The number of esters is 2. The maximum atomic E-state index is 12.0. The summed E-state index contributed by atoms with van der Waals surface area (Å²) in [6.07, 6.45) is -0.212. The number of aliphatic hydroxyl groups is 1. The summed E-state index contributed by atoms with van der Waals surface area (Å²) < 4.78 is 15.0. The molecule has 0 aliphatic heterocycles. The van der Waals surface area contributed by atoms with E-state index >= 15 is 0 Å². The third-order valence-corrected chi connectivity index (χ3v) is 3.88. The summed E-state index contributed by atoms with van der Waals surface area (Å²) >= 11 is 0. The molecule has 1 heterocycles. The Balaban J connectivity index is 2.52. The normalized spacial score (nSPS) is 11.7. The molecule has 27 heavy (non-hydrogen) atoms. The fourth-order valence-corrected chi connectivity index (χ4v) is 2.59. The Morgan fingerprint density at radius 3 is 2.44 bits per heavy atom. The zero-order valence-electron chi connectivity index (χ0n) is 14.9. The van der Waals surface area contributed by atoms with Crippen molar-refractivity contribution in [3.05, 3.63) is 63.2 Å². The first-order chi connectivity index (χ1) is 12.9. The van der Waals surface area contributed by atoms with Crippen LogP contribution in [0.15, 0.2) is 39.5 Å². The predicted octanol–water partition coefficient (Wildman–Crippen LogP) is 1.71. The molecule has 0 radical (unpaired) electrons. The van der Waals surface area contributed by atoms with Crippen molar-refractivity contribution in [1.82, 2.24) is 0 Å². The number of rotatable bonds is 7. The van der Waals surface area contributed by atoms with Gasteiger partial charge in [0.1, 0.15) is 12.4 Å². The van der Waals surface area contributed by atoms with Gasteiger partial charge in [-0.25, -0.2) is 4.79 Å². The molecule has 0 amide bonds. The fourth-order valence-electron chi connectivity index (χ4n) is 2.59. The number of hydrogen-bond donors (Lipinski definition) is 2. The van der Waals surface area contributed by atoms with Crippen molar-refractivity contribution in [2.75, 3.05) is 13.7 Å². The minimum Gasteiger partial charge on any atom is -0.502 e. The van der Waals surface area contributed by atoms with E-state index in [1.807, 2.05) is 0 Å². The minimum absolute atomic E-state index is 0.0483. The van der Waals surface area contributed by atoms with Crippen LogP contribution in [0.25, 0.3) is 0 Å². The largest absolute Gasteiger partial charge is 0.502 e. The lowest BCUT2D eigenvalue weighted by Crippen LogP contribution is -2.15. The molecule has 2 rings (SSSR count). The van der Waals surface area contributed by atoms with E-state index in [0.29, 0.717) is 11.1 Å². The summed E-state index contributed by atoms with van der Waals surface area (Å²) in [6, 6.07) is 7.07. The summed E-state index contributed by atoms with van der Waals surface area (Å²) in [6.45, 7) is 1.28. The summed E-state index contributed by atoms with van der Waals surface area (Å²) in [5.74, 6) is -2.80. The van der Waals surface area contributed by atoms with Gasteiger partial charge >= 0.3 is 11.9 Å². The number of carbonyl (C=O) groups is 2. The molecule has 0 spiro atoms. The van der Waals surface area contributed by atoms with Crippen molar-refractivity contribution in [1.29, 1.82) is 0 Å². The average Bonchev–Trinajstić information content (AvgIpc) is 2.68. The van der Waals surface area contributed by atoms with Gasteiger partial charge in [-0.15, -0.1) is 0 Å². The van der Waals surface area contributed by atoms with Crippen LogP contribution < -0.4 is 5.43 Å². The lowest BCUT2D eigenvalue weighted by Gasteiger charge is -2.17. The van der Waals surface area contributed by atoms with Gasteiger partial charge in [-0.3, -0.25) is 9.59 Å². The first-order valence-electron chi connectivity index (χ1n) is 8.21. The van der Waals surface area contributed by atoms with Crippen LogP contribution in [0.3, 0.4) is 0 Å². The average molecular weight is 376 g/mol. The molecule has 0 fully saturated rings. The molecule has 0 aliphatic carbocycles. The van der Waals surface area contributed by atoms with Crippen molar-refractivity contribution in [2.45, 2.75) is 25.9 Å². The first-order valence-corrected chi connectivity index (χ1v) is 8.21. The Labute approximate surface area is 155 Å². The number of ether oxygens (including phenoxy) is 2. The van der Waals surface area contributed by atoms with Crippen molar-refractivity contribution >= 4 is 11.9 Å². The number of benzene rings is 1.